The average Bonchev–Trinajstić information content (AvgIpc) is 2.85. The molecule has 0 aliphatic carbocycles. The highest BCUT2D eigenvalue weighted by Crippen LogP contribution is 2.42. The zero-order valence-electron chi connectivity index (χ0n) is 8.16. The van der Waals surface area contributed by atoms with Crippen molar-refractivity contribution in [3.63, 3.8) is 0 Å². The Balaban J connectivity index is 2.17. The first-order valence-corrected chi connectivity index (χ1v) is 5.02. The van der Waals surface area contributed by atoms with Gasteiger partial charge in [0.15, 0.2) is 11.5 Å². The number of nitrogens with zero attached hydrogens (tertiary/aromatic N) is 1. The molecular weight excluding hydrogens is 230 g/mol. The Kier molecular flexibility index (Phi) is 1.94. The molecule has 3 rings (SSSR count). The second-order valence-corrected chi connectivity index (χ2v) is 3.80. The summed E-state index contributed by atoms with van der Waals surface area (Å²) in [5.41, 5.74) is 7.87. The number of fused-ring (bicyclic) bond motifs is 1. The zero-order valence-corrected chi connectivity index (χ0v) is 8.91. The summed E-state index contributed by atoms with van der Waals surface area (Å²) < 4.78 is 10.5. The summed E-state index contributed by atoms with van der Waals surface area (Å²) >= 11 is 6.06. The molecule has 0 amide bonds. The van der Waals surface area contributed by atoms with E-state index < -0.39 is 0 Å². The summed E-state index contributed by atoms with van der Waals surface area (Å²) in [5.74, 6) is 1.19. The van der Waals surface area contributed by atoms with Crippen LogP contribution >= 0.6 is 11.6 Å². The number of nitrogens with two attached hydrogens (primary N) is 1. The minimum atomic E-state index is 0.191. The molecule has 1 aromatic heterocycles. The molecule has 1 aromatic carbocycles. The van der Waals surface area contributed by atoms with Crippen LogP contribution in [0.15, 0.2) is 18.3 Å². The third kappa shape index (κ3) is 1.29. The number of halogens is 1. The summed E-state index contributed by atoms with van der Waals surface area (Å²) in [6.45, 7) is 0.191. The lowest BCUT2D eigenvalue weighted by Gasteiger charge is -2.03. The van der Waals surface area contributed by atoms with Gasteiger partial charge in [-0.25, -0.2) is 0 Å². The van der Waals surface area contributed by atoms with Gasteiger partial charge in [0, 0.05) is 5.56 Å². The monoisotopic (exact) mass is 237 g/mol. The first-order valence-electron chi connectivity index (χ1n) is 4.64. The van der Waals surface area contributed by atoms with Crippen LogP contribution in [0.25, 0.3) is 11.3 Å². The van der Waals surface area contributed by atoms with E-state index >= 15 is 0 Å². The van der Waals surface area contributed by atoms with Crippen molar-refractivity contribution in [3.05, 3.63) is 23.4 Å². The van der Waals surface area contributed by atoms with E-state index in [9.17, 15) is 0 Å². The lowest BCUT2D eigenvalue weighted by Crippen LogP contribution is -1.93. The summed E-state index contributed by atoms with van der Waals surface area (Å²) in [5, 5.41) is 7.17. The van der Waals surface area contributed by atoms with Gasteiger partial charge >= 0.3 is 0 Å². The number of nitrogen functional groups attached to an aromatic ring is 1. The molecule has 0 fully saturated rings. The highest BCUT2D eigenvalue weighted by atomic mass is 35.5. The molecule has 0 spiro atoms. The zero-order chi connectivity index (χ0) is 11.1. The average molecular weight is 238 g/mol. The van der Waals surface area contributed by atoms with Crippen LogP contribution in [0.1, 0.15) is 0 Å². The second-order valence-electron chi connectivity index (χ2n) is 3.39. The van der Waals surface area contributed by atoms with Crippen LogP contribution in [0.3, 0.4) is 0 Å². The maximum Gasteiger partial charge on any atom is 0.231 e. The van der Waals surface area contributed by atoms with Gasteiger partial charge in [-0.1, -0.05) is 11.6 Å². The topological polar surface area (TPSA) is 73.2 Å². The largest absolute Gasteiger partial charge is 0.454 e. The van der Waals surface area contributed by atoms with E-state index in [1.807, 2.05) is 6.07 Å². The van der Waals surface area contributed by atoms with Crippen molar-refractivity contribution in [2.75, 3.05) is 12.5 Å². The molecule has 0 unspecified atom stereocenters. The van der Waals surface area contributed by atoms with E-state index in [0.717, 1.165) is 11.3 Å². The lowest BCUT2D eigenvalue weighted by molar-refractivity contribution is 0.174. The van der Waals surface area contributed by atoms with Gasteiger partial charge in [0.25, 0.3) is 0 Å². The minimum Gasteiger partial charge on any atom is -0.454 e. The Morgan fingerprint density at radius 3 is 3.00 bits per heavy atom. The van der Waals surface area contributed by atoms with Gasteiger partial charge in [0.2, 0.25) is 6.79 Å². The maximum atomic E-state index is 6.06. The number of ether oxygens (including phenoxy) is 2. The van der Waals surface area contributed by atoms with E-state index in [1.54, 1.807) is 12.3 Å². The summed E-state index contributed by atoms with van der Waals surface area (Å²) in [7, 11) is 0. The van der Waals surface area contributed by atoms with Crippen molar-refractivity contribution >= 4 is 17.3 Å². The first kappa shape index (κ1) is 9.35. The van der Waals surface area contributed by atoms with E-state index in [-0.39, 0.29) is 6.79 Å². The number of hydrogen-bond acceptors (Lipinski definition) is 4. The Morgan fingerprint density at radius 1 is 1.38 bits per heavy atom. The number of aromatic nitrogens is 2. The van der Waals surface area contributed by atoms with Gasteiger partial charge in [0.05, 0.1) is 22.6 Å². The molecule has 16 heavy (non-hydrogen) atoms. The van der Waals surface area contributed by atoms with Crippen LogP contribution in [0.4, 0.5) is 5.69 Å². The van der Waals surface area contributed by atoms with Gasteiger partial charge in [0.1, 0.15) is 0 Å². The standard InChI is InChI=1S/C10H8ClN3O2/c11-6-1-5(9-7(12)3-13-14-9)2-8-10(6)16-4-15-8/h1-3H,4,12H2,(H,13,14). The van der Waals surface area contributed by atoms with Gasteiger partial charge in [-0.2, -0.15) is 5.10 Å². The predicted molar refractivity (Wildman–Crippen MR) is 59.6 cm³/mol. The van der Waals surface area contributed by atoms with Crippen LogP contribution in [-0.4, -0.2) is 17.0 Å². The van der Waals surface area contributed by atoms with Crippen molar-refractivity contribution in [2.24, 2.45) is 0 Å². The highest BCUT2D eigenvalue weighted by molar-refractivity contribution is 6.32. The molecule has 2 heterocycles. The molecule has 0 saturated heterocycles. The number of aromatic amines is 1. The molecule has 2 aromatic rings. The first-order chi connectivity index (χ1) is 7.75. The second kappa shape index (κ2) is 3.31. The molecule has 1 aliphatic heterocycles. The van der Waals surface area contributed by atoms with E-state index in [1.165, 1.54) is 0 Å². The molecule has 0 atom stereocenters. The molecule has 6 heteroatoms. The molecule has 1 aliphatic rings. The van der Waals surface area contributed by atoms with Crippen molar-refractivity contribution < 1.29 is 9.47 Å². The normalized spacial score (nSPS) is 13.1. The third-order valence-corrected chi connectivity index (χ3v) is 2.67. The highest BCUT2D eigenvalue weighted by Gasteiger charge is 2.19. The van der Waals surface area contributed by atoms with Gasteiger partial charge < -0.3 is 15.2 Å². The summed E-state index contributed by atoms with van der Waals surface area (Å²) in [6, 6.07) is 3.58. The van der Waals surface area contributed by atoms with Crippen molar-refractivity contribution in [1.82, 2.24) is 10.2 Å². The third-order valence-electron chi connectivity index (χ3n) is 2.38. The van der Waals surface area contributed by atoms with Crippen LogP contribution in [0.5, 0.6) is 11.5 Å². The Bertz CT molecular complexity index is 553. The van der Waals surface area contributed by atoms with Crippen LogP contribution < -0.4 is 15.2 Å². The fourth-order valence-electron chi connectivity index (χ4n) is 1.64. The van der Waals surface area contributed by atoms with E-state index in [0.29, 0.717) is 22.2 Å². The quantitative estimate of drug-likeness (QED) is 0.796. The maximum absolute atomic E-state index is 6.06. The Hall–Kier alpha value is -1.88. The molecular formula is C10H8ClN3O2. The molecule has 0 saturated carbocycles. The predicted octanol–water partition coefficient (Wildman–Crippen LogP) is 2.04. The molecule has 0 radical (unpaired) electrons. The lowest BCUT2D eigenvalue weighted by atomic mass is 10.1. The number of hydrogen-bond donors (Lipinski definition) is 2. The Morgan fingerprint density at radius 2 is 2.25 bits per heavy atom. The number of rotatable bonds is 1. The SMILES string of the molecule is Nc1cn[nH]c1-c1cc(Cl)c2c(c1)OCO2. The summed E-state index contributed by atoms with van der Waals surface area (Å²) in [4.78, 5) is 0. The molecule has 82 valence electrons. The minimum absolute atomic E-state index is 0.191. The molecule has 3 N–H and O–H groups in total. The number of benzene rings is 1. The molecule has 0 bridgehead atoms. The molecule has 5 nitrogen and oxygen atoms in total. The van der Waals surface area contributed by atoms with E-state index in [2.05, 4.69) is 10.2 Å². The number of anilines is 1. The van der Waals surface area contributed by atoms with Gasteiger partial charge in [-0.05, 0) is 12.1 Å². The van der Waals surface area contributed by atoms with Crippen molar-refractivity contribution in [2.45, 2.75) is 0 Å². The van der Waals surface area contributed by atoms with Crippen molar-refractivity contribution in [3.8, 4) is 22.8 Å². The Labute approximate surface area is 96.1 Å². The number of nitrogens with one attached hydrogen (secondary N) is 1. The van der Waals surface area contributed by atoms with Crippen LogP contribution in [-0.2, 0) is 0 Å². The van der Waals surface area contributed by atoms with Crippen LogP contribution in [0.2, 0.25) is 5.02 Å². The summed E-state index contributed by atoms with van der Waals surface area (Å²) in [6.07, 6.45) is 1.55. The van der Waals surface area contributed by atoms with E-state index in [4.69, 9.17) is 26.8 Å². The van der Waals surface area contributed by atoms with Gasteiger partial charge in [-0.3, -0.25) is 5.10 Å². The number of H-pyrrole nitrogens is 1. The van der Waals surface area contributed by atoms with Gasteiger partial charge in [-0.15, -0.1) is 0 Å². The fourth-order valence-corrected chi connectivity index (χ4v) is 1.90. The smallest absolute Gasteiger partial charge is 0.231 e. The van der Waals surface area contributed by atoms with Crippen molar-refractivity contribution in [1.29, 1.82) is 0 Å². The fraction of sp³-hybridized carbons (Fsp3) is 0.100. The van der Waals surface area contributed by atoms with Crippen LogP contribution in [0, 0.1) is 0 Å².